The van der Waals surface area contributed by atoms with Crippen LogP contribution in [-0.2, 0) is 25.7 Å². The van der Waals surface area contributed by atoms with E-state index in [1.54, 1.807) is 13.1 Å². The zero-order valence-corrected chi connectivity index (χ0v) is 18.1. The number of fused-ring (bicyclic) bond motifs is 1. The third-order valence-electron chi connectivity index (χ3n) is 7.81. The van der Waals surface area contributed by atoms with Gasteiger partial charge in [0.25, 0.3) is 11.8 Å². The van der Waals surface area contributed by atoms with E-state index in [-0.39, 0.29) is 48.0 Å². The van der Waals surface area contributed by atoms with Crippen LogP contribution in [-0.4, -0.2) is 40.2 Å². The average Bonchev–Trinajstić information content (AvgIpc) is 3.53. The van der Waals surface area contributed by atoms with E-state index in [0.717, 1.165) is 33.6 Å². The van der Waals surface area contributed by atoms with Gasteiger partial charge in [-0.05, 0) is 50.0 Å². The Morgan fingerprint density at radius 2 is 1.78 bits per heavy atom. The molecule has 1 aliphatic heterocycles. The summed E-state index contributed by atoms with van der Waals surface area (Å²) in [5.41, 5.74) is 2.52. The van der Waals surface area contributed by atoms with Gasteiger partial charge < -0.3 is 9.30 Å². The summed E-state index contributed by atoms with van der Waals surface area (Å²) in [7, 11) is 0. The van der Waals surface area contributed by atoms with Crippen molar-refractivity contribution < 1.29 is 19.1 Å². The van der Waals surface area contributed by atoms with Crippen LogP contribution in [0.1, 0.15) is 24.6 Å². The number of rotatable bonds is 5. The Kier molecular flexibility index (Phi) is 4.19. The molecule has 2 amide bonds. The van der Waals surface area contributed by atoms with Crippen LogP contribution < -0.4 is 0 Å². The molecule has 0 spiro atoms. The molecular weight excluding hydrogens is 406 g/mol. The number of hydrogen-bond acceptors (Lipinski definition) is 5. The molecule has 7 rings (SSSR count). The first-order valence-corrected chi connectivity index (χ1v) is 11.3. The van der Waals surface area contributed by atoms with Crippen LogP contribution in [0.3, 0.4) is 0 Å². The molecular formula is C25H25N3O4. The lowest BCUT2D eigenvalue weighted by molar-refractivity contribution is -0.144. The van der Waals surface area contributed by atoms with Gasteiger partial charge in [0, 0.05) is 22.2 Å². The molecule has 4 aliphatic carbocycles. The van der Waals surface area contributed by atoms with Gasteiger partial charge in [-0.3, -0.25) is 14.4 Å². The fourth-order valence-electron chi connectivity index (χ4n) is 6.33. The van der Waals surface area contributed by atoms with Gasteiger partial charge in [-0.1, -0.05) is 30.4 Å². The largest absolute Gasteiger partial charge is 0.465 e. The van der Waals surface area contributed by atoms with Crippen LogP contribution in [0, 0.1) is 42.4 Å². The molecule has 0 radical (unpaired) electrons. The number of esters is 1. The lowest BCUT2D eigenvalue weighted by Gasteiger charge is -2.37. The summed E-state index contributed by atoms with van der Waals surface area (Å²) >= 11 is 0. The number of hydrazone groups is 1. The van der Waals surface area contributed by atoms with Gasteiger partial charge in [-0.15, -0.1) is 0 Å². The number of carbonyl (C=O) groups is 3. The van der Waals surface area contributed by atoms with Crippen LogP contribution >= 0.6 is 0 Å². The number of ether oxygens (including phenoxy) is 1. The molecule has 5 aliphatic rings. The summed E-state index contributed by atoms with van der Waals surface area (Å²) in [5.74, 6) is 0.317. The predicted octanol–water partition coefficient (Wildman–Crippen LogP) is 2.90. The van der Waals surface area contributed by atoms with E-state index in [1.165, 1.54) is 0 Å². The summed E-state index contributed by atoms with van der Waals surface area (Å²) in [6.45, 7) is 4.11. The number of nitrogens with zero attached hydrogens (tertiary/aromatic N) is 3. The second-order valence-electron chi connectivity index (χ2n) is 9.29. The fourth-order valence-corrected chi connectivity index (χ4v) is 6.33. The Balaban J connectivity index is 1.34. The first-order chi connectivity index (χ1) is 15.5. The molecule has 1 aromatic carbocycles. The van der Waals surface area contributed by atoms with Gasteiger partial charge >= 0.3 is 5.97 Å². The number of benzene rings is 1. The van der Waals surface area contributed by atoms with Gasteiger partial charge in [0.15, 0.2) is 0 Å². The number of carbonyl (C=O) groups excluding carboxylic acids is 3. The minimum Gasteiger partial charge on any atom is -0.465 e. The van der Waals surface area contributed by atoms with Gasteiger partial charge in [-0.25, -0.2) is 0 Å². The molecule has 0 unspecified atom stereocenters. The van der Waals surface area contributed by atoms with Crippen molar-refractivity contribution in [2.75, 3.05) is 6.61 Å². The number of allylic oxidation sites excluding steroid dienone is 2. The molecule has 2 bridgehead atoms. The van der Waals surface area contributed by atoms with Crippen LogP contribution in [0.15, 0.2) is 41.5 Å². The van der Waals surface area contributed by atoms with E-state index in [2.05, 4.69) is 17.3 Å². The monoisotopic (exact) mass is 431 g/mol. The Hall–Kier alpha value is -3.22. The van der Waals surface area contributed by atoms with E-state index < -0.39 is 0 Å². The average molecular weight is 431 g/mol. The second kappa shape index (κ2) is 6.89. The maximum atomic E-state index is 13.2. The normalized spacial score (nSPS) is 32.1. The van der Waals surface area contributed by atoms with Crippen LogP contribution in [0.5, 0.6) is 0 Å². The Morgan fingerprint density at radius 3 is 2.44 bits per heavy atom. The highest BCUT2D eigenvalue weighted by Crippen LogP contribution is 2.65. The predicted molar refractivity (Wildman–Crippen MR) is 117 cm³/mol. The Morgan fingerprint density at radius 1 is 1.12 bits per heavy atom. The van der Waals surface area contributed by atoms with Crippen molar-refractivity contribution in [3.63, 3.8) is 0 Å². The molecule has 2 saturated carbocycles. The van der Waals surface area contributed by atoms with Gasteiger partial charge in [0.1, 0.15) is 6.54 Å². The summed E-state index contributed by atoms with van der Waals surface area (Å²) < 4.78 is 7.01. The molecule has 6 atom stereocenters. The number of amides is 2. The Bertz CT molecular complexity index is 1190. The molecule has 7 heteroatoms. The van der Waals surface area contributed by atoms with E-state index in [0.29, 0.717) is 18.4 Å². The number of aromatic nitrogens is 1. The fraction of sp³-hybridized carbons (Fsp3) is 0.440. The van der Waals surface area contributed by atoms with E-state index >= 15 is 0 Å². The number of hydrogen-bond donors (Lipinski definition) is 0. The second-order valence-corrected chi connectivity index (χ2v) is 9.29. The summed E-state index contributed by atoms with van der Waals surface area (Å²) in [6, 6.07) is 7.73. The van der Waals surface area contributed by atoms with Crippen molar-refractivity contribution in [1.82, 2.24) is 9.58 Å². The third-order valence-corrected chi connectivity index (χ3v) is 7.81. The third kappa shape index (κ3) is 2.60. The van der Waals surface area contributed by atoms with E-state index in [1.807, 2.05) is 35.8 Å². The quantitative estimate of drug-likeness (QED) is 0.316. The van der Waals surface area contributed by atoms with Crippen molar-refractivity contribution in [2.24, 2.45) is 40.6 Å². The highest BCUT2D eigenvalue weighted by molar-refractivity contribution is 6.08. The molecule has 32 heavy (non-hydrogen) atoms. The number of para-hydroxylation sites is 1. The molecule has 3 fully saturated rings. The van der Waals surface area contributed by atoms with Crippen molar-refractivity contribution >= 4 is 34.9 Å². The van der Waals surface area contributed by atoms with Gasteiger partial charge in [0.2, 0.25) is 0 Å². The number of imide groups is 1. The summed E-state index contributed by atoms with van der Waals surface area (Å²) in [4.78, 5) is 38.5. The smallest absolute Gasteiger partial charge is 0.325 e. The van der Waals surface area contributed by atoms with Crippen LogP contribution in [0.2, 0.25) is 0 Å². The van der Waals surface area contributed by atoms with Crippen LogP contribution in [0.25, 0.3) is 10.9 Å². The van der Waals surface area contributed by atoms with Crippen molar-refractivity contribution in [3.8, 4) is 0 Å². The summed E-state index contributed by atoms with van der Waals surface area (Å²) in [6.07, 6.45) is 7.05. The van der Waals surface area contributed by atoms with E-state index in [4.69, 9.17) is 4.74 Å². The highest BCUT2D eigenvalue weighted by atomic mass is 16.5. The van der Waals surface area contributed by atoms with Gasteiger partial charge in [0.05, 0.1) is 24.7 Å². The Labute approximate surface area is 185 Å². The zero-order valence-electron chi connectivity index (χ0n) is 18.1. The molecule has 0 N–H and O–H groups in total. The molecule has 164 valence electrons. The molecule has 1 saturated heterocycles. The van der Waals surface area contributed by atoms with Crippen molar-refractivity contribution in [2.45, 2.75) is 26.8 Å². The van der Waals surface area contributed by atoms with Crippen LogP contribution in [0.4, 0.5) is 0 Å². The zero-order chi connectivity index (χ0) is 22.1. The topological polar surface area (TPSA) is 81.0 Å². The highest BCUT2D eigenvalue weighted by Gasteiger charge is 2.67. The molecule has 1 aromatic heterocycles. The molecule has 2 heterocycles. The maximum Gasteiger partial charge on any atom is 0.325 e. The first-order valence-electron chi connectivity index (χ1n) is 11.3. The van der Waals surface area contributed by atoms with Crippen molar-refractivity contribution in [1.29, 1.82) is 0 Å². The van der Waals surface area contributed by atoms with Crippen molar-refractivity contribution in [3.05, 3.63) is 47.7 Å². The lowest BCUT2D eigenvalue weighted by Crippen LogP contribution is -2.40. The van der Waals surface area contributed by atoms with Gasteiger partial charge in [-0.2, -0.15) is 10.1 Å². The maximum absolute atomic E-state index is 13.2. The first kappa shape index (κ1) is 19.5. The summed E-state index contributed by atoms with van der Waals surface area (Å²) in [5, 5.41) is 6.42. The SMILES string of the molecule is CCOC(=O)Cn1c(C)c(/C=N\N2C(=O)[C@H]3[C@@H]4C=C[C@H]([C@@H]5C[C@H]45)[C@@H]3C2=O)c2ccccc21. The minimum atomic E-state index is -0.310. The molecule has 7 nitrogen and oxygen atoms in total. The van der Waals surface area contributed by atoms with E-state index in [9.17, 15) is 14.4 Å². The lowest BCUT2D eigenvalue weighted by atomic mass is 9.63. The standard InChI is InChI=1S/C25H25N3O4/c1-3-32-21(29)12-27-13(2)19(14-6-4-5-7-20(14)27)11-26-28-24(30)22-15-8-9-16(18-10-17(15)18)23(22)25(28)31/h4-9,11,15-18,22-23H,3,10,12H2,1-2H3/b26-11-/t15-,16-,17-,18+,22+,23+/m1/s1. The molecule has 2 aromatic rings. The minimum absolute atomic E-state index is 0.0948.